The minimum atomic E-state index is -0.340. The van der Waals surface area contributed by atoms with Gasteiger partial charge in [-0.25, -0.2) is 5.43 Å². The number of nitrogens with zero attached hydrogens (tertiary/aromatic N) is 1. The largest absolute Gasteiger partial charge is 0.493 e. The summed E-state index contributed by atoms with van der Waals surface area (Å²) in [6, 6.07) is 9.88. The van der Waals surface area contributed by atoms with E-state index >= 15 is 0 Å². The van der Waals surface area contributed by atoms with Crippen LogP contribution in [0.25, 0.3) is 0 Å². The molecule has 0 heterocycles. The summed E-state index contributed by atoms with van der Waals surface area (Å²) in [5.41, 5.74) is 9.70. The van der Waals surface area contributed by atoms with Crippen LogP contribution in [0.3, 0.4) is 0 Å². The van der Waals surface area contributed by atoms with E-state index in [-0.39, 0.29) is 5.91 Å². The summed E-state index contributed by atoms with van der Waals surface area (Å²) < 4.78 is 10.3. The standard InChI is InChI=1S/C16H16ClN3O3/c1-22-14-8-10(7-13(17)15(14)23-2)9-19-20-16(21)11-3-5-12(18)6-4-11/h3-9H,18H2,1-2H3,(H,20,21)/b19-9-. The van der Waals surface area contributed by atoms with Crippen LogP contribution in [0.4, 0.5) is 5.69 Å². The predicted molar refractivity (Wildman–Crippen MR) is 90.5 cm³/mol. The summed E-state index contributed by atoms with van der Waals surface area (Å²) in [6.07, 6.45) is 1.46. The smallest absolute Gasteiger partial charge is 0.271 e. The van der Waals surface area contributed by atoms with Gasteiger partial charge in [-0.3, -0.25) is 4.79 Å². The monoisotopic (exact) mass is 333 g/mol. The van der Waals surface area contributed by atoms with Crippen molar-refractivity contribution >= 4 is 29.4 Å². The number of benzene rings is 2. The van der Waals surface area contributed by atoms with Gasteiger partial charge < -0.3 is 15.2 Å². The van der Waals surface area contributed by atoms with Crippen molar-refractivity contribution in [3.8, 4) is 11.5 Å². The molecule has 7 heteroatoms. The van der Waals surface area contributed by atoms with Crippen LogP contribution in [0.2, 0.25) is 5.02 Å². The Bertz CT molecular complexity index is 730. The lowest BCUT2D eigenvalue weighted by molar-refractivity contribution is 0.0955. The van der Waals surface area contributed by atoms with E-state index in [1.165, 1.54) is 20.4 Å². The summed E-state index contributed by atoms with van der Waals surface area (Å²) in [6.45, 7) is 0. The second kappa shape index (κ2) is 7.51. The van der Waals surface area contributed by atoms with Gasteiger partial charge in [-0.1, -0.05) is 11.6 Å². The van der Waals surface area contributed by atoms with Crippen molar-refractivity contribution in [2.75, 3.05) is 20.0 Å². The number of hydrogen-bond donors (Lipinski definition) is 2. The average molecular weight is 334 g/mol. The number of carbonyl (C=O) groups is 1. The molecule has 0 unspecified atom stereocenters. The van der Waals surface area contributed by atoms with Gasteiger partial charge in [0.2, 0.25) is 0 Å². The Hall–Kier alpha value is -2.73. The molecule has 23 heavy (non-hydrogen) atoms. The molecule has 0 fully saturated rings. The van der Waals surface area contributed by atoms with Crippen molar-refractivity contribution in [2.24, 2.45) is 5.10 Å². The van der Waals surface area contributed by atoms with E-state index in [2.05, 4.69) is 10.5 Å². The second-order valence-corrected chi connectivity index (χ2v) is 4.97. The fourth-order valence-electron chi connectivity index (χ4n) is 1.88. The molecule has 0 aliphatic carbocycles. The molecule has 120 valence electrons. The summed E-state index contributed by atoms with van der Waals surface area (Å²) in [7, 11) is 3.02. The van der Waals surface area contributed by atoms with Gasteiger partial charge in [0.15, 0.2) is 11.5 Å². The predicted octanol–water partition coefficient (Wildman–Crippen LogP) is 2.70. The number of rotatable bonds is 5. The molecule has 2 rings (SSSR count). The Balaban J connectivity index is 2.10. The van der Waals surface area contributed by atoms with Crippen LogP contribution in [0.1, 0.15) is 15.9 Å². The molecule has 0 aliphatic heterocycles. The third-order valence-electron chi connectivity index (χ3n) is 3.01. The zero-order chi connectivity index (χ0) is 16.8. The molecule has 0 saturated heterocycles. The number of anilines is 1. The van der Waals surface area contributed by atoms with Crippen molar-refractivity contribution in [3.63, 3.8) is 0 Å². The first-order valence-corrected chi connectivity index (χ1v) is 7.03. The van der Waals surface area contributed by atoms with Crippen LogP contribution < -0.4 is 20.6 Å². The number of hydrogen-bond acceptors (Lipinski definition) is 5. The molecule has 2 aromatic rings. The lowest BCUT2D eigenvalue weighted by Crippen LogP contribution is -2.17. The molecular weight excluding hydrogens is 318 g/mol. The number of halogens is 1. The normalized spacial score (nSPS) is 10.6. The van der Waals surface area contributed by atoms with E-state index in [0.29, 0.717) is 33.3 Å². The lowest BCUT2D eigenvalue weighted by Gasteiger charge is -2.09. The minimum Gasteiger partial charge on any atom is -0.493 e. The van der Waals surface area contributed by atoms with Gasteiger partial charge in [0, 0.05) is 11.3 Å². The molecule has 0 aromatic heterocycles. The number of hydrazone groups is 1. The van der Waals surface area contributed by atoms with Gasteiger partial charge >= 0.3 is 0 Å². The first-order chi connectivity index (χ1) is 11.0. The fourth-order valence-corrected chi connectivity index (χ4v) is 2.17. The summed E-state index contributed by atoms with van der Waals surface area (Å²) in [5.74, 6) is 0.580. The quantitative estimate of drug-likeness (QED) is 0.500. The average Bonchev–Trinajstić information content (AvgIpc) is 2.54. The van der Waals surface area contributed by atoms with Crippen LogP contribution >= 0.6 is 11.6 Å². The topological polar surface area (TPSA) is 85.9 Å². The number of nitrogens with one attached hydrogen (secondary N) is 1. The lowest BCUT2D eigenvalue weighted by atomic mass is 10.2. The van der Waals surface area contributed by atoms with Crippen LogP contribution in [-0.4, -0.2) is 26.3 Å². The molecule has 3 N–H and O–H groups in total. The van der Waals surface area contributed by atoms with E-state index in [1.807, 2.05) is 0 Å². The molecule has 2 aromatic carbocycles. The zero-order valence-corrected chi connectivity index (χ0v) is 13.4. The SMILES string of the molecule is COc1cc(/C=N\NC(=O)c2ccc(N)cc2)cc(Cl)c1OC. The van der Waals surface area contributed by atoms with Gasteiger partial charge in [0.1, 0.15) is 0 Å². The van der Waals surface area contributed by atoms with Crippen LogP contribution in [-0.2, 0) is 0 Å². The van der Waals surface area contributed by atoms with Crippen molar-refractivity contribution < 1.29 is 14.3 Å². The summed E-state index contributed by atoms with van der Waals surface area (Å²) >= 11 is 6.10. The molecule has 0 saturated carbocycles. The Labute approximate surface area is 138 Å². The molecule has 0 spiro atoms. The number of nitrogen functional groups attached to an aromatic ring is 1. The van der Waals surface area contributed by atoms with Gasteiger partial charge in [0.05, 0.1) is 25.5 Å². The van der Waals surface area contributed by atoms with E-state index in [0.717, 1.165) is 0 Å². The van der Waals surface area contributed by atoms with E-state index < -0.39 is 0 Å². The van der Waals surface area contributed by atoms with Crippen molar-refractivity contribution in [2.45, 2.75) is 0 Å². The van der Waals surface area contributed by atoms with Gasteiger partial charge in [-0.15, -0.1) is 0 Å². The fraction of sp³-hybridized carbons (Fsp3) is 0.125. The highest BCUT2D eigenvalue weighted by Gasteiger charge is 2.10. The number of carbonyl (C=O) groups excluding carboxylic acids is 1. The van der Waals surface area contributed by atoms with Gasteiger partial charge in [-0.05, 0) is 42.0 Å². The Morgan fingerprint density at radius 1 is 1.22 bits per heavy atom. The molecule has 1 amide bonds. The van der Waals surface area contributed by atoms with Gasteiger partial charge in [0.25, 0.3) is 5.91 Å². The highest BCUT2D eigenvalue weighted by Crippen LogP contribution is 2.35. The maximum atomic E-state index is 11.9. The van der Waals surface area contributed by atoms with Crippen LogP contribution in [0.15, 0.2) is 41.5 Å². The second-order valence-electron chi connectivity index (χ2n) is 4.56. The maximum Gasteiger partial charge on any atom is 0.271 e. The minimum absolute atomic E-state index is 0.340. The summed E-state index contributed by atoms with van der Waals surface area (Å²) in [4.78, 5) is 11.9. The third kappa shape index (κ3) is 4.14. The van der Waals surface area contributed by atoms with Crippen LogP contribution in [0.5, 0.6) is 11.5 Å². The molecule has 0 radical (unpaired) electrons. The van der Waals surface area contributed by atoms with Crippen molar-refractivity contribution in [1.29, 1.82) is 0 Å². The van der Waals surface area contributed by atoms with Gasteiger partial charge in [-0.2, -0.15) is 5.10 Å². The molecule has 0 aliphatic rings. The Morgan fingerprint density at radius 2 is 1.91 bits per heavy atom. The Morgan fingerprint density at radius 3 is 2.52 bits per heavy atom. The van der Waals surface area contributed by atoms with Crippen molar-refractivity contribution in [3.05, 3.63) is 52.5 Å². The highest BCUT2D eigenvalue weighted by molar-refractivity contribution is 6.32. The zero-order valence-electron chi connectivity index (χ0n) is 12.7. The van der Waals surface area contributed by atoms with E-state index in [9.17, 15) is 4.79 Å². The molecule has 0 bridgehead atoms. The third-order valence-corrected chi connectivity index (χ3v) is 3.29. The number of methoxy groups -OCH3 is 2. The van der Waals surface area contributed by atoms with E-state index in [4.69, 9.17) is 26.8 Å². The van der Waals surface area contributed by atoms with Crippen LogP contribution in [0, 0.1) is 0 Å². The van der Waals surface area contributed by atoms with E-state index in [1.54, 1.807) is 36.4 Å². The summed E-state index contributed by atoms with van der Waals surface area (Å²) in [5, 5.41) is 4.29. The van der Waals surface area contributed by atoms with Crippen molar-refractivity contribution in [1.82, 2.24) is 5.43 Å². The molecular formula is C16H16ClN3O3. The first-order valence-electron chi connectivity index (χ1n) is 6.65. The number of ether oxygens (including phenoxy) is 2. The molecule has 6 nitrogen and oxygen atoms in total. The number of nitrogens with two attached hydrogens (primary N) is 1. The highest BCUT2D eigenvalue weighted by atomic mass is 35.5. The first kappa shape index (κ1) is 16.6. The maximum absolute atomic E-state index is 11.9. The Kier molecular flexibility index (Phi) is 5.43. The number of amides is 1. The molecule has 0 atom stereocenters.